The Balaban J connectivity index is 1.70. The molecular formula is C19H28BNO4. The van der Waals surface area contributed by atoms with E-state index in [1.165, 1.54) is 0 Å². The lowest BCUT2D eigenvalue weighted by atomic mass is 9.75. The van der Waals surface area contributed by atoms with Crippen LogP contribution in [-0.4, -0.2) is 43.5 Å². The van der Waals surface area contributed by atoms with E-state index >= 15 is 0 Å². The second-order valence-corrected chi connectivity index (χ2v) is 7.92. The van der Waals surface area contributed by atoms with Gasteiger partial charge in [-0.2, -0.15) is 0 Å². The molecule has 2 fully saturated rings. The van der Waals surface area contributed by atoms with Gasteiger partial charge < -0.3 is 19.4 Å². The lowest BCUT2D eigenvalue weighted by Crippen LogP contribution is -2.42. The second kappa shape index (κ2) is 7.10. The van der Waals surface area contributed by atoms with Crippen LogP contribution in [0.25, 0.3) is 0 Å². The average molecular weight is 345 g/mol. The molecule has 1 N–H and O–H groups in total. The Hall–Kier alpha value is -1.37. The van der Waals surface area contributed by atoms with Gasteiger partial charge in [0.15, 0.2) is 0 Å². The molecule has 3 rings (SSSR count). The third-order valence-corrected chi connectivity index (χ3v) is 5.50. The fraction of sp³-hybridized carbons (Fsp3) is 0.632. The van der Waals surface area contributed by atoms with Gasteiger partial charge in [0.1, 0.15) is 0 Å². The Morgan fingerprint density at radius 3 is 2.36 bits per heavy atom. The van der Waals surface area contributed by atoms with Gasteiger partial charge in [-0.05, 0) is 51.6 Å². The molecule has 25 heavy (non-hydrogen) atoms. The van der Waals surface area contributed by atoms with Crippen molar-refractivity contribution in [3.05, 3.63) is 29.8 Å². The molecule has 0 radical (unpaired) electrons. The minimum absolute atomic E-state index is 0.0378. The molecule has 6 heteroatoms. The number of carbonyl (C=O) groups is 1. The minimum atomic E-state index is -0.447. The van der Waals surface area contributed by atoms with E-state index in [1.54, 1.807) is 0 Å². The highest BCUT2D eigenvalue weighted by molar-refractivity contribution is 6.62. The molecule has 1 aromatic carbocycles. The number of benzene rings is 1. The maximum absolute atomic E-state index is 12.5. The van der Waals surface area contributed by atoms with Crippen molar-refractivity contribution in [2.24, 2.45) is 0 Å². The Labute approximate surface area is 150 Å². The number of hydrogen-bond donors (Lipinski definition) is 1. The van der Waals surface area contributed by atoms with Crippen molar-refractivity contribution >= 4 is 18.5 Å². The lowest BCUT2D eigenvalue weighted by Gasteiger charge is -2.32. The van der Waals surface area contributed by atoms with Crippen LogP contribution in [0.4, 0.5) is 0 Å². The summed E-state index contributed by atoms with van der Waals surface area (Å²) in [5.41, 5.74) is 1.10. The lowest BCUT2D eigenvalue weighted by molar-refractivity contribution is -0.121. The maximum Gasteiger partial charge on any atom is 0.495 e. The van der Waals surface area contributed by atoms with E-state index in [2.05, 4.69) is 5.32 Å². The van der Waals surface area contributed by atoms with E-state index in [0.717, 1.165) is 37.1 Å². The number of amides is 1. The zero-order chi connectivity index (χ0) is 18.1. The van der Waals surface area contributed by atoms with Gasteiger partial charge >= 0.3 is 7.12 Å². The summed E-state index contributed by atoms with van der Waals surface area (Å²) >= 11 is 0. The molecule has 0 spiro atoms. The predicted octanol–water partition coefficient (Wildman–Crippen LogP) is 1.82. The standard InChI is InChI=1S/C19H28BNO4/c1-18(2)19(3,4)25-20(24-18)16-8-6-5-7-14(16)13-17(22)21-15-9-11-23-12-10-15/h5-8,15H,9-13H2,1-4H3,(H,21,22). The first-order valence-electron chi connectivity index (χ1n) is 9.09. The van der Waals surface area contributed by atoms with Gasteiger partial charge in [-0.25, -0.2) is 0 Å². The van der Waals surface area contributed by atoms with Gasteiger partial charge in [0, 0.05) is 19.3 Å². The molecule has 0 aromatic heterocycles. The van der Waals surface area contributed by atoms with Crippen LogP contribution in [0.2, 0.25) is 0 Å². The third kappa shape index (κ3) is 4.07. The summed E-state index contributed by atoms with van der Waals surface area (Å²) in [5.74, 6) is 0.0378. The van der Waals surface area contributed by atoms with Crippen LogP contribution in [0.1, 0.15) is 46.1 Å². The summed E-state index contributed by atoms with van der Waals surface area (Å²) in [6.45, 7) is 9.58. The highest BCUT2D eigenvalue weighted by atomic mass is 16.7. The van der Waals surface area contributed by atoms with E-state index in [9.17, 15) is 4.79 Å². The first kappa shape index (κ1) is 18.4. The van der Waals surface area contributed by atoms with E-state index in [0.29, 0.717) is 6.42 Å². The summed E-state index contributed by atoms with van der Waals surface area (Å²) in [6.07, 6.45) is 2.09. The summed E-state index contributed by atoms with van der Waals surface area (Å²) in [5, 5.41) is 3.12. The largest absolute Gasteiger partial charge is 0.495 e. The molecule has 2 aliphatic rings. The van der Waals surface area contributed by atoms with Crippen LogP contribution in [0, 0.1) is 0 Å². The van der Waals surface area contributed by atoms with Crippen molar-refractivity contribution in [3.63, 3.8) is 0 Å². The Kier molecular flexibility index (Phi) is 5.23. The van der Waals surface area contributed by atoms with Crippen LogP contribution < -0.4 is 10.8 Å². The highest BCUT2D eigenvalue weighted by Gasteiger charge is 2.52. The summed E-state index contributed by atoms with van der Waals surface area (Å²) < 4.78 is 17.6. The van der Waals surface area contributed by atoms with Crippen LogP contribution in [0.3, 0.4) is 0 Å². The zero-order valence-electron chi connectivity index (χ0n) is 15.6. The molecule has 0 unspecified atom stereocenters. The Morgan fingerprint density at radius 1 is 1.12 bits per heavy atom. The van der Waals surface area contributed by atoms with Gasteiger partial charge in [0.05, 0.1) is 17.6 Å². The molecule has 2 heterocycles. The van der Waals surface area contributed by atoms with Crippen LogP contribution in [0.5, 0.6) is 0 Å². The van der Waals surface area contributed by atoms with Crippen molar-refractivity contribution < 1.29 is 18.8 Å². The first-order chi connectivity index (χ1) is 11.8. The number of rotatable bonds is 4. The normalized spacial score (nSPS) is 22.8. The second-order valence-electron chi connectivity index (χ2n) is 7.92. The number of hydrogen-bond acceptors (Lipinski definition) is 4. The quantitative estimate of drug-likeness (QED) is 0.846. The minimum Gasteiger partial charge on any atom is -0.399 e. The molecule has 5 nitrogen and oxygen atoms in total. The fourth-order valence-corrected chi connectivity index (χ4v) is 3.19. The summed E-state index contributed by atoms with van der Waals surface area (Å²) in [7, 11) is -0.447. The van der Waals surface area contributed by atoms with Crippen molar-refractivity contribution in [3.8, 4) is 0 Å². The zero-order valence-corrected chi connectivity index (χ0v) is 15.6. The third-order valence-electron chi connectivity index (χ3n) is 5.50. The number of carbonyl (C=O) groups excluding carboxylic acids is 1. The van der Waals surface area contributed by atoms with Gasteiger partial charge in [0.2, 0.25) is 5.91 Å². The molecule has 1 amide bonds. The van der Waals surface area contributed by atoms with Gasteiger partial charge in [-0.1, -0.05) is 24.3 Å². The van der Waals surface area contributed by atoms with Gasteiger partial charge in [0.25, 0.3) is 0 Å². The van der Waals surface area contributed by atoms with E-state index in [1.807, 2.05) is 52.0 Å². The SMILES string of the molecule is CC1(C)OB(c2ccccc2CC(=O)NC2CCOCC2)OC1(C)C. The predicted molar refractivity (Wildman–Crippen MR) is 97.8 cm³/mol. The number of ether oxygens (including phenoxy) is 1. The van der Waals surface area contributed by atoms with Gasteiger partial charge in [-0.3, -0.25) is 4.79 Å². The summed E-state index contributed by atoms with van der Waals surface area (Å²) in [4.78, 5) is 12.5. The summed E-state index contributed by atoms with van der Waals surface area (Å²) in [6, 6.07) is 8.08. The maximum atomic E-state index is 12.5. The molecule has 2 aliphatic heterocycles. The Bertz CT molecular complexity index is 610. The topological polar surface area (TPSA) is 56.8 Å². The first-order valence-corrected chi connectivity index (χ1v) is 9.09. The molecule has 0 aliphatic carbocycles. The van der Waals surface area contributed by atoms with Crippen LogP contribution in [-0.2, 0) is 25.3 Å². The smallest absolute Gasteiger partial charge is 0.399 e. The van der Waals surface area contributed by atoms with Crippen molar-refractivity contribution in [2.45, 2.75) is 64.2 Å². The van der Waals surface area contributed by atoms with Crippen molar-refractivity contribution in [1.29, 1.82) is 0 Å². The van der Waals surface area contributed by atoms with Crippen molar-refractivity contribution in [2.75, 3.05) is 13.2 Å². The highest BCUT2D eigenvalue weighted by Crippen LogP contribution is 2.36. The molecule has 0 atom stereocenters. The monoisotopic (exact) mass is 345 g/mol. The van der Waals surface area contributed by atoms with E-state index < -0.39 is 18.3 Å². The van der Waals surface area contributed by atoms with Crippen LogP contribution >= 0.6 is 0 Å². The number of nitrogens with one attached hydrogen (secondary N) is 1. The van der Waals surface area contributed by atoms with E-state index in [4.69, 9.17) is 14.0 Å². The molecular weight excluding hydrogens is 317 g/mol. The van der Waals surface area contributed by atoms with Gasteiger partial charge in [-0.15, -0.1) is 0 Å². The Morgan fingerprint density at radius 2 is 1.72 bits per heavy atom. The molecule has 1 aromatic rings. The van der Waals surface area contributed by atoms with E-state index in [-0.39, 0.29) is 11.9 Å². The van der Waals surface area contributed by atoms with Crippen molar-refractivity contribution in [1.82, 2.24) is 5.32 Å². The molecule has 136 valence electrons. The fourth-order valence-electron chi connectivity index (χ4n) is 3.19. The molecule has 0 bridgehead atoms. The molecule has 2 saturated heterocycles. The average Bonchev–Trinajstić information content (AvgIpc) is 2.76. The van der Waals surface area contributed by atoms with Crippen LogP contribution in [0.15, 0.2) is 24.3 Å². The molecule has 0 saturated carbocycles.